The average Bonchev–Trinajstić information content (AvgIpc) is 2.93. The second-order valence-electron chi connectivity index (χ2n) is 9.52. The minimum atomic E-state index is -0.478. The first-order chi connectivity index (χ1) is 18.7. The van der Waals surface area contributed by atoms with E-state index in [0.717, 1.165) is 11.3 Å². The first kappa shape index (κ1) is 29.2. The van der Waals surface area contributed by atoms with Crippen LogP contribution in [0.5, 0.6) is 0 Å². The lowest BCUT2D eigenvalue weighted by atomic mass is 10.1. The zero-order valence-electron chi connectivity index (χ0n) is 22.5. The van der Waals surface area contributed by atoms with E-state index in [0.29, 0.717) is 43.6 Å². The highest BCUT2D eigenvalue weighted by atomic mass is 19.1. The molecule has 0 aliphatic carbocycles. The quantitative estimate of drug-likeness (QED) is 0.223. The van der Waals surface area contributed by atoms with Gasteiger partial charge in [-0.1, -0.05) is 36.8 Å². The summed E-state index contributed by atoms with van der Waals surface area (Å²) in [6.45, 7) is 0.677. The van der Waals surface area contributed by atoms with Crippen molar-refractivity contribution in [3.63, 3.8) is 0 Å². The maximum Gasteiger partial charge on any atom is 0.254 e. The number of nitrogens with one attached hydrogen (secondary N) is 2. The van der Waals surface area contributed by atoms with Crippen molar-refractivity contribution >= 4 is 34.8 Å². The summed E-state index contributed by atoms with van der Waals surface area (Å²) in [5, 5.41) is 5.51. The normalized spacial score (nSPS) is 10.5. The number of carbonyl (C=O) groups excluding carboxylic acids is 3. The molecule has 3 aromatic rings. The van der Waals surface area contributed by atoms with E-state index in [9.17, 15) is 18.8 Å². The van der Waals surface area contributed by atoms with Crippen molar-refractivity contribution in [3.05, 3.63) is 89.7 Å². The zero-order valence-corrected chi connectivity index (χ0v) is 22.5. The number of halogens is 1. The van der Waals surface area contributed by atoms with Crippen molar-refractivity contribution in [2.24, 2.45) is 0 Å². The largest absolute Gasteiger partial charge is 0.397 e. The molecule has 0 saturated heterocycles. The van der Waals surface area contributed by atoms with Crippen LogP contribution >= 0.6 is 0 Å². The third kappa shape index (κ3) is 9.45. The Balaban J connectivity index is 1.54. The van der Waals surface area contributed by atoms with E-state index < -0.39 is 5.82 Å². The Morgan fingerprint density at radius 2 is 1.59 bits per heavy atom. The van der Waals surface area contributed by atoms with Gasteiger partial charge in [0.15, 0.2) is 0 Å². The van der Waals surface area contributed by atoms with Gasteiger partial charge in [0.1, 0.15) is 5.82 Å². The summed E-state index contributed by atoms with van der Waals surface area (Å²) >= 11 is 0. The van der Waals surface area contributed by atoms with E-state index in [2.05, 4.69) is 10.6 Å². The summed E-state index contributed by atoms with van der Waals surface area (Å²) in [5.74, 6) is -1.21. The molecule has 0 atom stereocenters. The molecule has 8 nitrogen and oxygen atoms in total. The standard InChI is InChI=1S/C30H36FN5O3/c1-35(2)25-15-12-23(13-16-25)30(39)36(21-29(38)33-20-22-9-5-3-6-10-22)18-8-4-7-11-28(37)34-27-19-24(31)14-17-26(27)32/h3,5-6,9-10,12-17,19H,4,7-8,11,18,20-21,32H2,1-2H3,(H,33,38)(H,34,37). The second kappa shape index (κ2) is 14.5. The molecule has 3 rings (SSSR count). The number of unbranched alkanes of at least 4 members (excludes halogenated alkanes) is 2. The van der Waals surface area contributed by atoms with Crippen LogP contribution in [0.25, 0.3) is 0 Å². The van der Waals surface area contributed by atoms with Crippen LogP contribution in [0.3, 0.4) is 0 Å². The van der Waals surface area contributed by atoms with E-state index in [1.165, 1.54) is 18.2 Å². The first-order valence-corrected chi connectivity index (χ1v) is 12.9. The molecule has 39 heavy (non-hydrogen) atoms. The number of nitrogens with two attached hydrogens (primary N) is 1. The highest BCUT2D eigenvalue weighted by Gasteiger charge is 2.19. The summed E-state index contributed by atoms with van der Waals surface area (Å²) in [7, 11) is 3.85. The monoisotopic (exact) mass is 533 g/mol. The van der Waals surface area contributed by atoms with Gasteiger partial charge in [0.25, 0.3) is 5.91 Å². The number of anilines is 3. The van der Waals surface area contributed by atoms with E-state index in [4.69, 9.17) is 5.73 Å². The molecule has 4 N–H and O–H groups in total. The summed E-state index contributed by atoms with van der Waals surface area (Å²) in [5.41, 5.74) is 8.78. The van der Waals surface area contributed by atoms with Crippen LogP contribution in [0.1, 0.15) is 41.6 Å². The number of nitrogen functional groups attached to an aromatic ring is 1. The summed E-state index contributed by atoms with van der Waals surface area (Å²) in [4.78, 5) is 41.8. The lowest BCUT2D eigenvalue weighted by Gasteiger charge is -2.23. The number of benzene rings is 3. The van der Waals surface area contributed by atoms with E-state index in [1.54, 1.807) is 17.0 Å². The predicted molar refractivity (Wildman–Crippen MR) is 153 cm³/mol. The fraction of sp³-hybridized carbons (Fsp3) is 0.300. The van der Waals surface area contributed by atoms with Crippen molar-refractivity contribution in [1.82, 2.24) is 10.2 Å². The molecule has 0 saturated carbocycles. The number of rotatable bonds is 13. The minimum Gasteiger partial charge on any atom is -0.397 e. The third-order valence-electron chi connectivity index (χ3n) is 6.21. The van der Waals surface area contributed by atoms with Crippen LogP contribution in [0.15, 0.2) is 72.8 Å². The molecule has 0 bridgehead atoms. The Morgan fingerprint density at radius 1 is 0.872 bits per heavy atom. The lowest BCUT2D eigenvalue weighted by Crippen LogP contribution is -2.41. The van der Waals surface area contributed by atoms with Gasteiger partial charge in [-0.25, -0.2) is 4.39 Å². The maximum absolute atomic E-state index is 13.4. The number of carbonyl (C=O) groups is 3. The molecule has 9 heteroatoms. The number of amides is 3. The highest BCUT2D eigenvalue weighted by molar-refractivity contribution is 5.97. The van der Waals surface area contributed by atoms with Crippen molar-refractivity contribution in [1.29, 1.82) is 0 Å². The lowest BCUT2D eigenvalue weighted by molar-refractivity contribution is -0.122. The van der Waals surface area contributed by atoms with Crippen LogP contribution < -0.4 is 21.3 Å². The van der Waals surface area contributed by atoms with Gasteiger partial charge in [0.05, 0.1) is 17.9 Å². The topological polar surface area (TPSA) is 108 Å². The molecule has 0 unspecified atom stereocenters. The SMILES string of the molecule is CN(C)c1ccc(C(=O)N(CCCCCC(=O)Nc2cc(F)ccc2N)CC(=O)NCc2ccccc2)cc1. The van der Waals surface area contributed by atoms with Crippen molar-refractivity contribution in [3.8, 4) is 0 Å². The van der Waals surface area contributed by atoms with E-state index in [-0.39, 0.29) is 36.4 Å². The Labute approximate surface area is 229 Å². The van der Waals surface area contributed by atoms with Gasteiger partial charge >= 0.3 is 0 Å². The minimum absolute atomic E-state index is 0.0690. The molecule has 0 heterocycles. The Hall–Kier alpha value is -4.40. The third-order valence-corrected chi connectivity index (χ3v) is 6.21. The van der Waals surface area contributed by atoms with Crippen molar-refractivity contribution in [2.75, 3.05) is 43.1 Å². The van der Waals surface area contributed by atoms with Crippen LogP contribution in [0, 0.1) is 5.82 Å². The van der Waals surface area contributed by atoms with E-state index in [1.807, 2.05) is 61.5 Å². The molecule has 206 valence electrons. The number of nitrogens with zero attached hydrogens (tertiary/aromatic N) is 2. The molecule has 0 fully saturated rings. The van der Waals surface area contributed by atoms with Gasteiger partial charge in [-0.2, -0.15) is 0 Å². The molecular formula is C30H36FN5O3. The Morgan fingerprint density at radius 3 is 2.28 bits per heavy atom. The molecular weight excluding hydrogens is 497 g/mol. The highest BCUT2D eigenvalue weighted by Crippen LogP contribution is 2.20. The van der Waals surface area contributed by atoms with Gasteiger partial charge in [0, 0.05) is 44.9 Å². The molecule has 0 aliphatic heterocycles. The number of hydrogen-bond acceptors (Lipinski definition) is 5. The van der Waals surface area contributed by atoms with Crippen LogP contribution in [0.4, 0.5) is 21.5 Å². The smallest absolute Gasteiger partial charge is 0.254 e. The molecule has 3 amide bonds. The molecule has 0 aliphatic rings. The van der Waals surface area contributed by atoms with Crippen LogP contribution in [-0.4, -0.2) is 49.8 Å². The summed E-state index contributed by atoms with van der Waals surface area (Å²) in [6.07, 6.45) is 2.08. The van der Waals surface area contributed by atoms with Crippen LogP contribution in [0.2, 0.25) is 0 Å². The van der Waals surface area contributed by atoms with Crippen molar-refractivity contribution in [2.45, 2.75) is 32.2 Å². The second-order valence-corrected chi connectivity index (χ2v) is 9.52. The van der Waals surface area contributed by atoms with E-state index >= 15 is 0 Å². The number of hydrogen-bond donors (Lipinski definition) is 3. The van der Waals surface area contributed by atoms with Gasteiger partial charge < -0.3 is 26.2 Å². The molecule has 3 aromatic carbocycles. The van der Waals surface area contributed by atoms with Crippen LogP contribution in [-0.2, 0) is 16.1 Å². The Kier molecular flexibility index (Phi) is 10.9. The van der Waals surface area contributed by atoms with Crippen molar-refractivity contribution < 1.29 is 18.8 Å². The van der Waals surface area contributed by atoms with Gasteiger partial charge in [-0.05, 0) is 60.9 Å². The fourth-order valence-electron chi connectivity index (χ4n) is 3.98. The first-order valence-electron chi connectivity index (χ1n) is 12.9. The fourth-order valence-corrected chi connectivity index (χ4v) is 3.98. The average molecular weight is 534 g/mol. The predicted octanol–water partition coefficient (Wildman–Crippen LogP) is 4.43. The molecule has 0 radical (unpaired) electrons. The summed E-state index contributed by atoms with van der Waals surface area (Å²) < 4.78 is 13.4. The molecule has 0 spiro atoms. The van der Waals surface area contributed by atoms with Gasteiger partial charge in [-0.3, -0.25) is 14.4 Å². The van der Waals surface area contributed by atoms with Gasteiger partial charge in [-0.15, -0.1) is 0 Å². The maximum atomic E-state index is 13.4. The summed E-state index contributed by atoms with van der Waals surface area (Å²) in [6, 6.07) is 20.6. The van der Waals surface area contributed by atoms with Gasteiger partial charge in [0.2, 0.25) is 11.8 Å². The zero-order chi connectivity index (χ0) is 28.2. The Bertz CT molecular complexity index is 1250. The molecule has 0 aromatic heterocycles.